The number of hydrogen-bond donors (Lipinski definition) is 1. The van der Waals surface area contributed by atoms with Crippen LogP contribution in [0.4, 0.5) is 11.4 Å². The number of benzene rings is 2. The Morgan fingerprint density at radius 3 is 2.45 bits per heavy atom. The van der Waals surface area contributed by atoms with Crippen molar-refractivity contribution in [2.24, 2.45) is 4.99 Å². The Morgan fingerprint density at radius 1 is 1.05 bits per heavy atom. The highest BCUT2D eigenvalue weighted by Gasteiger charge is 2.29. The van der Waals surface area contributed by atoms with Gasteiger partial charge in [-0.15, -0.1) is 0 Å². The van der Waals surface area contributed by atoms with E-state index < -0.39 is 0 Å². The molecule has 0 radical (unpaired) electrons. The van der Waals surface area contributed by atoms with E-state index >= 15 is 0 Å². The third-order valence-corrected chi connectivity index (χ3v) is 3.69. The molecule has 1 aliphatic heterocycles. The van der Waals surface area contributed by atoms with Gasteiger partial charge in [0.2, 0.25) is 0 Å². The van der Waals surface area contributed by atoms with Crippen LogP contribution in [0.3, 0.4) is 0 Å². The molecule has 2 aromatic carbocycles. The summed E-state index contributed by atoms with van der Waals surface area (Å²) in [4.78, 5) is 16.5. The summed E-state index contributed by atoms with van der Waals surface area (Å²) in [6, 6.07) is 10.6. The zero-order valence-electron chi connectivity index (χ0n) is 10.6. The van der Waals surface area contributed by atoms with Gasteiger partial charge in [-0.3, -0.25) is 4.79 Å². The summed E-state index contributed by atoms with van der Waals surface area (Å²) < 4.78 is 0. The van der Waals surface area contributed by atoms with Crippen LogP contribution in [0.5, 0.6) is 0 Å². The molecule has 0 bridgehead atoms. The number of fused-ring (bicyclic) bond motifs is 1. The largest absolute Gasteiger partial charge is 0.320 e. The molecule has 0 aromatic heterocycles. The predicted molar refractivity (Wildman–Crippen MR) is 82.5 cm³/mol. The summed E-state index contributed by atoms with van der Waals surface area (Å²) in [6.07, 6.45) is 0. The molecule has 5 heteroatoms. The van der Waals surface area contributed by atoms with Crippen molar-refractivity contribution in [2.75, 3.05) is 5.32 Å². The first-order valence-corrected chi connectivity index (χ1v) is 6.77. The summed E-state index contributed by atoms with van der Waals surface area (Å²) in [5.74, 6) is -0.244. The van der Waals surface area contributed by atoms with Gasteiger partial charge in [0.15, 0.2) is 0 Å². The van der Waals surface area contributed by atoms with Crippen LogP contribution in [0, 0.1) is 6.92 Å². The van der Waals surface area contributed by atoms with Gasteiger partial charge < -0.3 is 5.32 Å². The third kappa shape index (κ3) is 2.19. The minimum atomic E-state index is -0.244. The number of aryl methyl sites for hydroxylation is 1. The summed E-state index contributed by atoms with van der Waals surface area (Å²) in [5, 5.41) is 3.94. The van der Waals surface area contributed by atoms with E-state index in [2.05, 4.69) is 10.3 Å². The highest BCUT2D eigenvalue weighted by molar-refractivity contribution is 6.57. The van der Waals surface area contributed by atoms with Gasteiger partial charge in [-0.25, -0.2) is 4.99 Å². The average molecular weight is 305 g/mol. The van der Waals surface area contributed by atoms with E-state index in [0.717, 1.165) is 11.3 Å². The van der Waals surface area contributed by atoms with Crippen LogP contribution in [-0.2, 0) is 4.79 Å². The lowest BCUT2D eigenvalue weighted by Gasteiger charge is -2.04. The lowest BCUT2D eigenvalue weighted by Crippen LogP contribution is -2.14. The Bertz CT molecular complexity index is 736. The highest BCUT2D eigenvalue weighted by atomic mass is 35.5. The number of aliphatic imine (C=N–C) groups is 1. The molecule has 0 fully saturated rings. The van der Waals surface area contributed by atoms with Crippen LogP contribution in [-0.4, -0.2) is 11.6 Å². The van der Waals surface area contributed by atoms with Crippen LogP contribution < -0.4 is 5.32 Å². The molecule has 0 aliphatic carbocycles. The molecule has 2 aromatic rings. The van der Waals surface area contributed by atoms with Crippen molar-refractivity contribution in [3.8, 4) is 0 Å². The van der Waals surface area contributed by atoms with Gasteiger partial charge in [-0.1, -0.05) is 29.3 Å². The molecule has 3 rings (SSSR count). The molecule has 0 unspecified atom stereocenters. The number of rotatable bonds is 1. The summed E-state index contributed by atoms with van der Waals surface area (Å²) in [7, 11) is 0. The smallest absolute Gasteiger partial charge is 0.275 e. The molecule has 1 amide bonds. The molecule has 0 spiro atoms. The fourth-order valence-corrected chi connectivity index (χ4v) is 2.48. The maximum Gasteiger partial charge on any atom is 0.275 e. The van der Waals surface area contributed by atoms with Crippen molar-refractivity contribution in [3.05, 3.63) is 57.6 Å². The lowest BCUT2D eigenvalue weighted by molar-refractivity contribution is -0.110. The lowest BCUT2D eigenvalue weighted by atomic mass is 10.1. The van der Waals surface area contributed by atoms with E-state index in [1.54, 1.807) is 30.3 Å². The molecular formula is C15H10Cl2N2O. The van der Waals surface area contributed by atoms with E-state index in [0.29, 0.717) is 27.0 Å². The zero-order chi connectivity index (χ0) is 14.3. The standard InChI is InChI=1S/C15H10Cl2N2O/c1-8-2-7-11(17)12-13(8)19-15(20)14(12)18-10-5-3-9(16)4-6-10/h2-7H,1H3,(H,18,19,20). The fourth-order valence-electron chi connectivity index (χ4n) is 2.11. The Labute approximate surface area is 126 Å². The number of nitrogens with one attached hydrogen (secondary N) is 1. The maximum atomic E-state index is 12.1. The monoisotopic (exact) mass is 304 g/mol. The van der Waals surface area contributed by atoms with Crippen molar-refractivity contribution in [3.63, 3.8) is 0 Å². The van der Waals surface area contributed by atoms with Crippen LogP contribution in [0.15, 0.2) is 41.4 Å². The minimum Gasteiger partial charge on any atom is -0.320 e. The number of amides is 1. The van der Waals surface area contributed by atoms with Crippen LogP contribution in [0.1, 0.15) is 11.1 Å². The number of halogens is 2. The predicted octanol–water partition coefficient (Wildman–Crippen LogP) is 4.37. The quantitative estimate of drug-likeness (QED) is 0.835. The third-order valence-electron chi connectivity index (χ3n) is 3.12. The van der Waals surface area contributed by atoms with Crippen LogP contribution in [0.2, 0.25) is 10.0 Å². The van der Waals surface area contributed by atoms with Crippen molar-refractivity contribution < 1.29 is 4.79 Å². The van der Waals surface area contributed by atoms with Gasteiger partial charge in [0.25, 0.3) is 5.91 Å². The fraction of sp³-hybridized carbons (Fsp3) is 0.0667. The van der Waals surface area contributed by atoms with Crippen LogP contribution >= 0.6 is 23.2 Å². The first-order chi connectivity index (χ1) is 9.56. The topological polar surface area (TPSA) is 41.5 Å². The van der Waals surface area contributed by atoms with E-state index in [1.807, 2.05) is 13.0 Å². The van der Waals surface area contributed by atoms with Crippen molar-refractivity contribution in [2.45, 2.75) is 6.92 Å². The number of hydrogen-bond acceptors (Lipinski definition) is 2. The van der Waals surface area contributed by atoms with Gasteiger partial charge >= 0.3 is 0 Å². The molecule has 3 nitrogen and oxygen atoms in total. The zero-order valence-corrected chi connectivity index (χ0v) is 12.1. The summed E-state index contributed by atoms with van der Waals surface area (Å²) in [6.45, 7) is 1.92. The molecule has 1 aliphatic rings. The van der Waals surface area contributed by atoms with E-state index in [-0.39, 0.29) is 5.91 Å². The van der Waals surface area contributed by atoms with Crippen molar-refractivity contribution in [1.29, 1.82) is 0 Å². The number of anilines is 1. The van der Waals surface area contributed by atoms with E-state index in [4.69, 9.17) is 23.2 Å². The molecule has 100 valence electrons. The second-order valence-corrected chi connectivity index (χ2v) is 5.35. The van der Waals surface area contributed by atoms with Gasteiger partial charge in [-0.2, -0.15) is 0 Å². The minimum absolute atomic E-state index is 0.244. The van der Waals surface area contributed by atoms with E-state index in [9.17, 15) is 4.79 Å². The Kier molecular flexibility index (Phi) is 3.24. The van der Waals surface area contributed by atoms with Crippen molar-refractivity contribution >= 4 is 46.2 Å². The number of nitrogens with zero attached hydrogens (tertiary/aromatic N) is 1. The first-order valence-electron chi connectivity index (χ1n) is 6.01. The molecule has 1 heterocycles. The molecule has 20 heavy (non-hydrogen) atoms. The number of carbonyl (C=O) groups is 1. The van der Waals surface area contributed by atoms with Gasteiger partial charge in [-0.05, 0) is 42.8 Å². The van der Waals surface area contributed by atoms with Crippen molar-refractivity contribution in [1.82, 2.24) is 0 Å². The molecular weight excluding hydrogens is 295 g/mol. The summed E-state index contributed by atoms with van der Waals surface area (Å²) >= 11 is 12.0. The first kappa shape index (κ1) is 13.2. The average Bonchev–Trinajstić information content (AvgIpc) is 2.75. The molecule has 1 N–H and O–H groups in total. The second-order valence-electron chi connectivity index (χ2n) is 4.51. The van der Waals surface area contributed by atoms with Gasteiger partial charge in [0, 0.05) is 10.6 Å². The summed E-state index contributed by atoms with van der Waals surface area (Å²) in [5.41, 5.74) is 3.34. The Hall–Kier alpha value is -1.84. The highest BCUT2D eigenvalue weighted by Crippen LogP contribution is 2.34. The Balaban J connectivity index is 2.15. The molecule has 0 saturated heterocycles. The second kappa shape index (κ2) is 4.93. The SMILES string of the molecule is Cc1ccc(Cl)c2c1NC(=O)C2=Nc1ccc(Cl)cc1. The molecule has 0 atom stereocenters. The van der Waals surface area contributed by atoms with Gasteiger partial charge in [0.1, 0.15) is 5.71 Å². The molecule has 0 saturated carbocycles. The van der Waals surface area contributed by atoms with E-state index in [1.165, 1.54) is 0 Å². The van der Waals surface area contributed by atoms with Crippen LogP contribution in [0.25, 0.3) is 0 Å². The normalized spacial score (nSPS) is 15.3. The maximum absolute atomic E-state index is 12.1. The Morgan fingerprint density at radius 2 is 1.75 bits per heavy atom. The number of carbonyl (C=O) groups excluding carboxylic acids is 1. The van der Waals surface area contributed by atoms with Gasteiger partial charge in [0.05, 0.1) is 16.4 Å².